The lowest BCUT2D eigenvalue weighted by molar-refractivity contribution is -0.123. The van der Waals surface area contributed by atoms with Crippen LogP contribution in [0.4, 0.5) is 8.78 Å². The zero-order valence-electron chi connectivity index (χ0n) is 11.6. The highest BCUT2D eigenvalue weighted by Gasteiger charge is 2.25. The quantitative estimate of drug-likeness (QED) is 0.888. The van der Waals surface area contributed by atoms with E-state index < -0.39 is 17.7 Å². The second-order valence-corrected chi connectivity index (χ2v) is 5.37. The van der Waals surface area contributed by atoms with Crippen LogP contribution >= 0.6 is 0 Å². The van der Waals surface area contributed by atoms with Crippen molar-refractivity contribution >= 4 is 5.91 Å². The molecular formula is C15H20F2N2O. The fourth-order valence-electron chi connectivity index (χ4n) is 2.66. The molecule has 2 atom stereocenters. The SMILES string of the molecule is CCC[C@H](N)C(=O)N[C@H]1CCc2cc(F)cc(F)c2C1. The zero-order valence-corrected chi connectivity index (χ0v) is 11.6. The fourth-order valence-corrected chi connectivity index (χ4v) is 2.66. The lowest BCUT2D eigenvalue weighted by Crippen LogP contribution is -2.47. The van der Waals surface area contributed by atoms with Gasteiger partial charge in [0, 0.05) is 12.1 Å². The Hall–Kier alpha value is -1.49. The number of amides is 1. The first-order valence-corrected chi connectivity index (χ1v) is 7.04. The van der Waals surface area contributed by atoms with Crippen LogP contribution in [0.2, 0.25) is 0 Å². The van der Waals surface area contributed by atoms with Crippen LogP contribution in [-0.2, 0) is 17.6 Å². The number of benzene rings is 1. The van der Waals surface area contributed by atoms with Crippen LogP contribution in [0.25, 0.3) is 0 Å². The van der Waals surface area contributed by atoms with Gasteiger partial charge in [0.05, 0.1) is 6.04 Å². The topological polar surface area (TPSA) is 55.1 Å². The zero-order chi connectivity index (χ0) is 14.7. The number of hydrogen-bond acceptors (Lipinski definition) is 2. The fraction of sp³-hybridized carbons (Fsp3) is 0.533. The number of rotatable bonds is 4. The van der Waals surface area contributed by atoms with Crippen molar-refractivity contribution in [3.8, 4) is 0 Å². The molecule has 2 rings (SSSR count). The second-order valence-electron chi connectivity index (χ2n) is 5.37. The van der Waals surface area contributed by atoms with E-state index in [2.05, 4.69) is 5.32 Å². The summed E-state index contributed by atoms with van der Waals surface area (Å²) in [6.45, 7) is 1.97. The van der Waals surface area contributed by atoms with E-state index in [-0.39, 0.29) is 11.9 Å². The molecule has 0 heterocycles. The Morgan fingerprint density at radius 1 is 1.50 bits per heavy atom. The average Bonchev–Trinajstić information content (AvgIpc) is 2.39. The minimum absolute atomic E-state index is 0.127. The molecule has 0 fully saturated rings. The first kappa shape index (κ1) is 14.9. The average molecular weight is 282 g/mol. The molecule has 0 spiro atoms. The van der Waals surface area contributed by atoms with Crippen LogP contribution in [0, 0.1) is 11.6 Å². The predicted molar refractivity (Wildman–Crippen MR) is 73.2 cm³/mol. The normalized spacial score (nSPS) is 19.3. The summed E-state index contributed by atoms with van der Waals surface area (Å²) in [5, 5.41) is 2.86. The monoisotopic (exact) mass is 282 g/mol. The summed E-state index contributed by atoms with van der Waals surface area (Å²) in [4.78, 5) is 11.9. The number of nitrogens with one attached hydrogen (secondary N) is 1. The molecule has 110 valence electrons. The van der Waals surface area contributed by atoms with Crippen molar-refractivity contribution in [1.29, 1.82) is 0 Å². The summed E-state index contributed by atoms with van der Waals surface area (Å²) in [6.07, 6.45) is 3.12. The minimum Gasteiger partial charge on any atom is -0.352 e. The number of halogens is 2. The molecule has 0 unspecified atom stereocenters. The van der Waals surface area contributed by atoms with Gasteiger partial charge in [-0.3, -0.25) is 4.79 Å². The molecule has 1 amide bonds. The summed E-state index contributed by atoms with van der Waals surface area (Å²) in [5.41, 5.74) is 6.96. The molecular weight excluding hydrogens is 262 g/mol. The van der Waals surface area contributed by atoms with Crippen LogP contribution in [0.15, 0.2) is 12.1 Å². The van der Waals surface area contributed by atoms with E-state index >= 15 is 0 Å². The Bertz CT molecular complexity index is 505. The summed E-state index contributed by atoms with van der Waals surface area (Å²) in [5.74, 6) is -1.27. The number of carbonyl (C=O) groups is 1. The van der Waals surface area contributed by atoms with Crippen LogP contribution in [0.3, 0.4) is 0 Å². The lowest BCUT2D eigenvalue weighted by Gasteiger charge is -2.27. The molecule has 1 aromatic carbocycles. The lowest BCUT2D eigenvalue weighted by atomic mass is 9.87. The Morgan fingerprint density at radius 2 is 2.25 bits per heavy atom. The van der Waals surface area contributed by atoms with Gasteiger partial charge in [-0.25, -0.2) is 8.78 Å². The molecule has 0 saturated carbocycles. The standard InChI is InChI=1S/C15H20F2N2O/c1-2-3-14(18)15(20)19-11-5-4-9-6-10(16)7-13(17)12(9)8-11/h6-7,11,14H,2-5,8,18H2,1H3,(H,19,20)/t11-,14-/m0/s1. The number of fused-ring (bicyclic) bond motifs is 1. The number of aryl methyl sites for hydroxylation is 1. The van der Waals surface area contributed by atoms with E-state index in [4.69, 9.17) is 5.73 Å². The minimum atomic E-state index is -0.547. The van der Waals surface area contributed by atoms with Gasteiger partial charge >= 0.3 is 0 Å². The van der Waals surface area contributed by atoms with Gasteiger partial charge in [0.15, 0.2) is 0 Å². The largest absolute Gasteiger partial charge is 0.352 e. The van der Waals surface area contributed by atoms with Gasteiger partial charge in [-0.05, 0) is 42.9 Å². The molecule has 1 aliphatic carbocycles. The maximum absolute atomic E-state index is 13.7. The van der Waals surface area contributed by atoms with E-state index in [0.29, 0.717) is 36.8 Å². The highest BCUT2D eigenvalue weighted by molar-refractivity contribution is 5.81. The summed E-state index contributed by atoms with van der Waals surface area (Å²) >= 11 is 0. The van der Waals surface area contributed by atoms with Gasteiger partial charge in [-0.2, -0.15) is 0 Å². The van der Waals surface area contributed by atoms with Crippen LogP contribution < -0.4 is 11.1 Å². The van der Waals surface area contributed by atoms with Crippen molar-refractivity contribution in [2.24, 2.45) is 5.73 Å². The molecule has 0 aromatic heterocycles. The Kier molecular flexibility index (Phi) is 4.70. The van der Waals surface area contributed by atoms with E-state index in [1.165, 1.54) is 6.07 Å². The van der Waals surface area contributed by atoms with Gasteiger partial charge in [-0.15, -0.1) is 0 Å². The highest BCUT2D eigenvalue weighted by atomic mass is 19.1. The maximum Gasteiger partial charge on any atom is 0.237 e. The number of nitrogens with two attached hydrogens (primary N) is 1. The van der Waals surface area contributed by atoms with Gasteiger partial charge < -0.3 is 11.1 Å². The van der Waals surface area contributed by atoms with E-state index in [1.54, 1.807) is 0 Å². The molecule has 0 radical (unpaired) electrons. The number of hydrogen-bond donors (Lipinski definition) is 2. The third-order valence-electron chi connectivity index (χ3n) is 3.75. The van der Waals surface area contributed by atoms with Gasteiger partial charge in [-0.1, -0.05) is 13.3 Å². The maximum atomic E-state index is 13.7. The van der Waals surface area contributed by atoms with Crippen LogP contribution in [0.5, 0.6) is 0 Å². The summed E-state index contributed by atoms with van der Waals surface area (Å²) in [7, 11) is 0. The first-order chi connectivity index (χ1) is 9.51. The third-order valence-corrected chi connectivity index (χ3v) is 3.75. The van der Waals surface area contributed by atoms with Crippen molar-refractivity contribution in [3.63, 3.8) is 0 Å². The first-order valence-electron chi connectivity index (χ1n) is 7.04. The van der Waals surface area contributed by atoms with E-state index in [9.17, 15) is 13.6 Å². The van der Waals surface area contributed by atoms with Crippen molar-refractivity contribution in [3.05, 3.63) is 34.9 Å². The van der Waals surface area contributed by atoms with Gasteiger partial charge in [0.25, 0.3) is 0 Å². The third kappa shape index (κ3) is 3.33. The molecule has 3 nitrogen and oxygen atoms in total. The van der Waals surface area contributed by atoms with Crippen molar-refractivity contribution in [2.75, 3.05) is 0 Å². The van der Waals surface area contributed by atoms with E-state index in [0.717, 1.165) is 12.5 Å². The van der Waals surface area contributed by atoms with E-state index in [1.807, 2.05) is 6.92 Å². The van der Waals surface area contributed by atoms with Crippen molar-refractivity contribution < 1.29 is 13.6 Å². The Morgan fingerprint density at radius 3 is 2.95 bits per heavy atom. The molecule has 0 aliphatic heterocycles. The van der Waals surface area contributed by atoms with Crippen molar-refractivity contribution in [2.45, 2.75) is 51.1 Å². The highest BCUT2D eigenvalue weighted by Crippen LogP contribution is 2.25. The second kappa shape index (κ2) is 6.31. The summed E-state index contributed by atoms with van der Waals surface area (Å²) < 4.78 is 26.9. The molecule has 1 aliphatic rings. The van der Waals surface area contributed by atoms with Crippen molar-refractivity contribution in [1.82, 2.24) is 5.32 Å². The van der Waals surface area contributed by atoms with Gasteiger partial charge in [0.1, 0.15) is 11.6 Å². The molecule has 0 saturated heterocycles. The molecule has 5 heteroatoms. The number of carbonyl (C=O) groups excluding carboxylic acids is 1. The van der Waals surface area contributed by atoms with Gasteiger partial charge in [0.2, 0.25) is 5.91 Å². The Balaban J connectivity index is 2.03. The molecule has 1 aromatic rings. The molecule has 0 bridgehead atoms. The van der Waals surface area contributed by atoms with Crippen LogP contribution in [-0.4, -0.2) is 18.0 Å². The molecule has 20 heavy (non-hydrogen) atoms. The summed E-state index contributed by atoms with van der Waals surface area (Å²) in [6, 6.07) is 1.63. The smallest absolute Gasteiger partial charge is 0.237 e. The van der Waals surface area contributed by atoms with Crippen LogP contribution in [0.1, 0.15) is 37.3 Å². The predicted octanol–water partition coefficient (Wildman–Crippen LogP) is 2.07. The Labute approximate surface area is 117 Å². The molecule has 3 N–H and O–H groups in total.